The van der Waals surface area contributed by atoms with Gasteiger partial charge in [-0.15, -0.1) is 24.0 Å². The predicted octanol–water partition coefficient (Wildman–Crippen LogP) is 3.55. The average molecular weight is 408 g/mol. The highest BCUT2D eigenvalue weighted by Crippen LogP contribution is 2.16. The summed E-state index contributed by atoms with van der Waals surface area (Å²) in [6, 6.07) is 7.89. The van der Waals surface area contributed by atoms with Crippen molar-refractivity contribution in [2.45, 2.75) is 26.2 Å². The minimum Gasteiger partial charge on any atom is -0.370 e. The number of guanidine groups is 1. The van der Waals surface area contributed by atoms with Gasteiger partial charge in [0.1, 0.15) is 0 Å². The van der Waals surface area contributed by atoms with Crippen LogP contribution in [0.2, 0.25) is 5.02 Å². The zero-order chi connectivity index (χ0) is 13.7. The van der Waals surface area contributed by atoms with E-state index in [1.54, 1.807) is 0 Å². The Bertz CT molecular complexity index is 442. The molecule has 3 nitrogen and oxygen atoms in total. The van der Waals surface area contributed by atoms with Gasteiger partial charge in [-0.05, 0) is 36.8 Å². The highest BCUT2D eigenvalue weighted by Gasteiger charge is 2.16. The number of benzene rings is 1. The molecule has 1 aliphatic rings. The van der Waals surface area contributed by atoms with E-state index in [4.69, 9.17) is 17.3 Å². The molecule has 1 aromatic carbocycles. The summed E-state index contributed by atoms with van der Waals surface area (Å²) in [6.45, 7) is 5.05. The Balaban J connectivity index is 0.00000200. The highest BCUT2D eigenvalue weighted by molar-refractivity contribution is 14.0. The molecule has 1 saturated heterocycles. The van der Waals surface area contributed by atoms with Crippen LogP contribution in [0.25, 0.3) is 0 Å². The Morgan fingerprint density at radius 2 is 2.00 bits per heavy atom. The number of likely N-dealkylation sites (tertiary alicyclic amines) is 1. The molecule has 0 unspecified atom stereocenters. The first kappa shape index (κ1) is 17.6. The van der Waals surface area contributed by atoms with E-state index in [9.17, 15) is 0 Å². The molecule has 2 rings (SSSR count). The van der Waals surface area contributed by atoms with E-state index in [0.29, 0.717) is 12.5 Å². The first-order chi connectivity index (χ1) is 9.16. The third kappa shape index (κ3) is 5.13. The van der Waals surface area contributed by atoms with Crippen LogP contribution in [0.4, 0.5) is 0 Å². The van der Waals surface area contributed by atoms with Crippen molar-refractivity contribution in [3.63, 3.8) is 0 Å². The molecule has 2 N–H and O–H groups in total. The Labute approximate surface area is 143 Å². The number of nitrogens with zero attached hydrogens (tertiary/aromatic N) is 2. The van der Waals surface area contributed by atoms with Crippen LogP contribution in [0, 0.1) is 5.92 Å². The quantitative estimate of drug-likeness (QED) is 0.473. The molecule has 0 amide bonds. The zero-order valence-corrected chi connectivity index (χ0v) is 15.0. The molecular weight excluding hydrogens is 385 g/mol. The molecule has 0 radical (unpaired) electrons. The van der Waals surface area contributed by atoms with Crippen LogP contribution in [-0.2, 0) is 6.42 Å². The maximum absolute atomic E-state index is 6.11. The number of halogens is 2. The van der Waals surface area contributed by atoms with Crippen LogP contribution in [-0.4, -0.2) is 30.5 Å². The lowest BCUT2D eigenvalue weighted by molar-refractivity contribution is 0.277. The van der Waals surface area contributed by atoms with Crippen LogP contribution in [0.15, 0.2) is 29.3 Å². The van der Waals surface area contributed by atoms with Gasteiger partial charge in [0.2, 0.25) is 0 Å². The van der Waals surface area contributed by atoms with Gasteiger partial charge >= 0.3 is 0 Å². The third-order valence-corrected chi connectivity index (χ3v) is 4.09. The van der Waals surface area contributed by atoms with Crippen molar-refractivity contribution in [1.29, 1.82) is 0 Å². The second kappa shape index (κ2) is 8.72. The number of piperidine rings is 1. The van der Waals surface area contributed by atoms with Crippen molar-refractivity contribution in [1.82, 2.24) is 4.90 Å². The first-order valence-electron chi connectivity index (χ1n) is 6.95. The third-order valence-electron chi connectivity index (χ3n) is 3.72. The summed E-state index contributed by atoms with van der Waals surface area (Å²) in [7, 11) is 0. The fourth-order valence-corrected chi connectivity index (χ4v) is 2.56. The molecule has 20 heavy (non-hydrogen) atoms. The summed E-state index contributed by atoms with van der Waals surface area (Å²) in [5, 5.41) is 0.808. The molecule has 0 saturated carbocycles. The Morgan fingerprint density at radius 3 is 2.65 bits per heavy atom. The minimum absolute atomic E-state index is 0. The lowest BCUT2D eigenvalue weighted by Gasteiger charge is -2.31. The van der Waals surface area contributed by atoms with Gasteiger partial charge in [0.05, 0.1) is 0 Å². The van der Waals surface area contributed by atoms with Gasteiger partial charge in [-0.3, -0.25) is 4.99 Å². The van der Waals surface area contributed by atoms with Gasteiger partial charge in [-0.2, -0.15) is 0 Å². The fourth-order valence-electron chi connectivity index (χ4n) is 2.33. The summed E-state index contributed by atoms with van der Waals surface area (Å²) in [5.41, 5.74) is 7.17. The predicted molar refractivity (Wildman–Crippen MR) is 97.0 cm³/mol. The van der Waals surface area contributed by atoms with E-state index >= 15 is 0 Å². The average Bonchev–Trinajstić information content (AvgIpc) is 2.41. The number of hydrogen-bond donors (Lipinski definition) is 1. The van der Waals surface area contributed by atoms with Gasteiger partial charge < -0.3 is 10.6 Å². The topological polar surface area (TPSA) is 41.6 Å². The standard InChI is InChI=1S/C15H22ClN3.HI/c1-12-7-10-19(11-8-12)15(17)18-9-6-13-4-2-3-5-14(13)16;/h2-5,12H,6-11H2,1H3,(H2,17,18);1H. The molecular formula is C15H23ClIN3. The van der Waals surface area contributed by atoms with Crippen molar-refractivity contribution in [3.8, 4) is 0 Å². The van der Waals surface area contributed by atoms with Crippen molar-refractivity contribution < 1.29 is 0 Å². The van der Waals surface area contributed by atoms with E-state index < -0.39 is 0 Å². The summed E-state index contributed by atoms with van der Waals surface area (Å²) in [5.74, 6) is 1.49. The maximum Gasteiger partial charge on any atom is 0.191 e. The lowest BCUT2D eigenvalue weighted by atomic mass is 10.00. The second-order valence-electron chi connectivity index (χ2n) is 5.25. The summed E-state index contributed by atoms with van der Waals surface area (Å²) in [4.78, 5) is 6.66. The molecule has 0 aliphatic carbocycles. The van der Waals surface area contributed by atoms with E-state index in [2.05, 4.69) is 16.8 Å². The van der Waals surface area contributed by atoms with Gasteiger partial charge in [-0.25, -0.2) is 0 Å². The molecule has 1 aromatic rings. The number of aliphatic imine (C=N–C) groups is 1. The van der Waals surface area contributed by atoms with Gasteiger partial charge in [0.25, 0.3) is 0 Å². The molecule has 1 heterocycles. The molecule has 112 valence electrons. The van der Waals surface area contributed by atoms with Crippen molar-refractivity contribution >= 4 is 41.5 Å². The molecule has 0 aromatic heterocycles. The minimum atomic E-state index is 0. The monoisotopic (exact) mass is 407 g/mol. The van der Waals surface area contributed by atoms with E-state index in [1.807, 2.05) is 24.3 Å². The van der Waals surface area contributed by atoms with Crippen LogP contribution in [0.5, 0.6) is 0 Å². The number of hydrogen-bond acceptors (Lipinski definition) is 1. The number of nitrogens with two attached hydrogens (primary N) is 1. The van der Waals surface area contributed by atoms with Gasteiger partial charge in [0, 0.05) is 24.7 Å². The second-order valence-corrected chi connectivity index (χ2v) is 5.66. The molecule has 0 atom stereocenters. The maximum atomic E-state index is 6.11. The van der Waals surface area contributed by atoms with E-state index in [0.717, 1.165) is 36.0 Å². The molecule has 1 aliphatic heterocycles. The van der Waals surface area contributed by atoms with Crippen LogP contribution in [0.1, 0.15) is 25.3 Å². The Morgan fingerprint density at radius 1 is 1.35 bits per heavy atom. The Kier molecular flexibility index (Phi) is 7.66. The lowest BCUT2D eigenvalue weighted by Crippen LogP contribution is -2.42. The molecule has 0 bridgehead atoms. The first-order valence-corrected chi connectivity index (χ1v) is 7.33. The molecule has 5 heteroatoms. The van der Waals surface area contributed by atoms with Crippen molar-refractivity contribution in [2.75, 3.05) is 19.6 Å². The van der Waals surface area contributed by atoms with Crippen molar-refractivity contribution in [3.05, 3.63) is 34.9 Å². The summed E-state index contributed by atoms with van der Waals surface area (Å²) >= 11 is 6.11. The molecule has 1 fully saturated rings. The smallest absolute Gasteiger partial charge is 0.191 e. The van der Waals surface area contributed by atoms with Crippen LogP contribution < -0.4 is 5.73 Å². The zero-order valence-electron chi connectivity index (χ0n) is 11.9. The normalized spacial score (nSPS) is 16.9. The fraction of sp³-hybridized carbons (Fsp3) is 0.533. The van der Waals surface area contributed by atoms with Gasteiger partial charge in [-0.1, -0.05) is 36.7 Å². The molecule has 0 spiro atoms. The largest absolute Gasteiger partial charge is 0.370 e. The number of rotatable bonds is 3. The summed E-state index contributed by atoms with van der Waals surface area (Å²) in [6.07, 6.45) is 3.26. The Hall–Kier alpha value is -0.490. The van der Waals surface area contributed by atoms with Crippen molar-refractivity contribution in [2.24, 2.45) is 16.6 Å². The summed E-state index contributed by atoms with van der Waals surface area (Å²) < 4.78 is 0. The van der Waals surface area contributed by atoms with Gasteiger partial charge in [0.15, 0.2) is 5.96 Å². The highest BCUT2D eigenvalue weighted by atomic mass is 127. The SMILES string of the molecule is CC1CCN(C(N)=NCCc2ccccc2Cl)CC1.I. The van der Waals surface area contributed by atoms with E-state index in [1.165, 1.54) is 12.8 Å². The van der Waals surface area contributed by atoms with E-state index in [-0.39, 0.29) is 24.0 Å². The van der Waals surface area contributed by atoms with Crippen LogP contribution in [0.3, 0.4) is 0 Å². The van der Waals surface area contributed by atoms with Crippen LogP contribution >= 0.6 is 35.6 Å².